The number of aryl methyl sites for hydroxylation is 1. The van der Waals surface area contributed by atoms with Gasteiger partial charge >= 0.3 is 6.01 Å². The highest BCUT2D eigenvalue weighted by Gasteiger charge is 2.14. The highest BCUT2D eigenvalue weighted by Crippen LogP contribution is 2.24. The number of carbonyl (C=O) groups is 1. The van der Waals surface area contributed by atoms with Crippen molar-refractivity contribution in [3.05, 3.63) is 59.7 Å². The molecule has 0 bridgehead atoms. The van der Waals surface area contributed by atoms with Crippen LogP contribution in [0.15, 0.2) is 57.8 Å². The average Bonchev–Trinajstić information content (AvgIpc) is 3.03. The first-order valence-corrected chi connectivity index (χ1v) is 8.25. The van der Waals surface area contributed by atoms with Gasteiger partial charge in [0.1, 0.15) is 0 Å². The molecule has 0 aliphatic heterocycles. The summed E-state index contributed by atoms with van der Waals surface area (Å²) in [6.07, 6.45) is 2.00. The third kappa shape index (κ3) is 3.43. The van der Waals surface area contributed by atoms with E-state index in [4.69, 9.17) is 4.42 Å². The topological polar surface area (TPSA) is 68.0 Å². The number of nitrogens with one attached hydrogen (secondary N) is 1. The van der Waals surface area contributed by atoms with Gasteiger partial charge in [0, 0.05) is 16.0 Å². The zero-order valence-corrected chi connectivity index (χ0v) is 13.6. The maximum absolute atomic E-state index is 12.2. The molecular formula is C17H15N3O2S. The van der Waals surface area contributed by atoms with Crippen LogP contribution in [0, 0.1) is 6.92 Å². The van der Waals surface area contributed by atoms with Gasteiger partial charge < -0.3 is 4.42 Å². The second-order valence-corrected chi connectivity index (χ2v) is 5.79. The lowest BCUT2D eigenvalue weighted by Gasteiger charge is -2.03. The first-order valence-electron chi connectivity index (χ1n) is 7.02. The van der Waals surface area contributed by atoms with Gasteiger partial charge in [0.25, 0.3) is 5.91 Å². The predicted octanol–water partition coefficient (Wildman–Crippen LogP) is 4.02. The molecule has 23 heavy (non-hydrogen) atoms. The molecule has 0 aliphatic rings. The van der Waals surface area contributed by atoms with Crippen molar-refractivity contribution < 1.29 is 9.21 Å². The first-order chi connectivity index (χ1) is 11.2. The molecule has 0 fully saturated rings. The number of hydrogen-bond donors (Lipinski definition) is 1. The number of anilines is 1. The second-order valence-electron chi connectivity index (χ2n) is 4.91. The van der Waals surface area contributed by atoms with Crippen LogP contribution in [-0.2, 0) is 0 Å². The highest BCUT2D eigenvalue weighted by atomic mass is 32.2. The van der Waals surface area contributed by atoms with Crippen molar-refractivity contribution in [2.24, 2.45) is 0 Å². The Morgan fingerprint density at radius 3 is 2.74 bits per heavy atom. The van der Waals surface area contributed by atoms with Crippen molar-refractivity contribution in [1.82, 2.24) is 10.2 Å². The molecule has 0 spiro atoms. The van der Waals surface area contributed by atoms with E-state index in [1.165, 1.54) is 0 Å². The van der Waals surface area contributed by atoms with Gasteiger partial charge in [0.2, 0.25) is 5.89 Å². The maximum Gasteiger partial charge on any atom is 0.322 e. The van der Waals surface area contributed by atoms with Crippen molar-refractivity contribution in [1.29, 1.82) is 0 Å². The highest BCUT2D eigenvalue weighted by molar-refractivity contribution is 7.98. The lowest BCUT2D eigenvalue weighted by Crippen LogP contribution is -2.13. The number of rotatable bonds is 4. The third-order valence-corrected chi connectivity index (χ3v) is 4.08. The Morgan fingerprint density at radius 2 is 1.96 bits per heavy atom. The molecule has 0 saturated carbocycles. The van der Waals surface area contributed by atoms with Crippen molar-refractivity contribution >= 4 is 23.7 Å². The van der Waals surface area contributed by atoms with Crippen LogP contribution < -0.4 is 5.32 Å². The number of nitrogens with zero attached hydrogens (tertiary/aromatic N) is 2. The van der Waals surface area contributed by atoms with Gasteiger partial charge in [-0.3, -0.25) is 10.1 Å². The van der Waals surface area contributed by atoms with Crippen LogP contribution in [0.4, 0.5) is 6.01 Å². The van der Waals surface area contributed by atoms with Crippen LogP contribution >= 0.6 is 11.8 Å². The van der Waals surface area contributed by atoms with E-state index in [2.05, 4.69) is 15.5 Å². The Morgan fingerprint density at radius 1 is 1.13 bits per heavy atom. The minimum atomic E-state index is -0.267. The Hall–Kier alpha value is -2.60. The minimum Gasteiger partial charge on any atom is -0.403 e. The summed E-state index contributed by atoms with van der Waals surface area (Å²) in [5.41, 5.74) is 2.29. The van der Waals surface area contributed by atoms with Crippen molar-refractivity contribution in [3.63, 3.8) is 0 Å². The summed E-state index contributed by atoms with van der Waals surface area (Å²) in [5, 5.41) is 10.5. The lowest BCUT2D eigenvalue weighted by molar-refractivity contribution is 0.102. The molecule has 1 aromatic heterocycles. The number of aromatic nitrogens is 2. The Labute approximate surface area is 138 Å². The number of amides is 1. The van der Waals surface area contributed by atoms with Gasteiger partial charge in [-0.15, -0.1) is 16.9 Å². The van der Waals surface area contributed by atoms with Gasteiger partial charge in [-0.25, -0.2) is 0 Å². The molecule has 2 aromatic carbocycles. The Kier molecular flexibility index (Phi) is 4.43. The van der Waals surface area contributed by atoms with Gasteiger partial charge in [0.05, 0.1) is 0 Å². The van der Waals surface area contributed by atoms with Crippen LogP contribution in [0.25, 0.3) is 11.5 Å². The smallest absolute Gasteiger partial charge is 0.322 e. The van der Waals surface area contributed by atoms with E-state index in [0.717, 1.165) is 16.0 Å². The Bertz CT molecular complexity index is 845. The fourth-order valence-electron chi connectivity index (χ4n) is 2.14. The Balaban J connectivity index is 1.79. The standard InChI is InChI=1S/C17H15N3O2S/c1-11-6-3-4-9-14(11)15(21)18-17-20-19-16(22-17)12-7-5-8-13(10-12)23-2/h3-10H,1-2H3,(H,18,20,21). The van der Waals surface area contributed by atoms with E-state index in [9.17, 15) is 4.79 Å². The van der Waals surface area contributed by atoms with Gasteiger partial charge in [-0.05, 0) is 43.0 Å². The molecule has 0 atom stereocenters. The van der Waals surface area contributed by atoms with Crippen LogP contribution in [0.3, 0.4) is 0 Å². The zero-order valence-electron chi connectivity index (χ0n) is 12.7. The summed E-state index contributed by atoms with van der Waals surface area (Å²) in [6.45, 7) is 1.88. The summed E-state index contributed by atoms with van der Waals surface area (Å²) < 4.78 is 5.54. The summed E-state index contributed by atoms with van der Waals surface area (Å²) in [7, 11) is 0. The molecule has 3 aromatic rings. The van der Waals surface area contributed by atoms with Gasteiger partial charge in [-0.2, -0.15) is 0 Å². The SMILES string of the molecule is CSc1cccc(-c2nnc(NC(=O)c3ccccc3C)o2)c1. The summed E-state index contributed by atoms with van der Waals surface area (Å²) in [6, 6.07) is 15.2. The molecule has 1 heterocycles. The summed E-state index contributed by atoms with van der Waals surface area (Å²) in [4.78, 5) is 13.3. The number of hydrogen-bond acceptors (Lipinski definition) is 5. The number of benzene rings is 2. The molecule has 116 valence electrons. The maximum atomic E-state index is 12.2. The second kappa shape index (κ2) is 6.66. The van der Waals surface area contributed by atoms with E-state index in [-0.39, 0.29) is 11.9 Å². The molecule has 6 heteroatoms. The third-order valence-electron chi connectivity index (χ3n) is 3.35. The average molecular weight is 325 g/mol. The van der Waals surface area contributed by atoms with E-state index < -0.39 is 0 Å². The summed E-state index contributed by atoms with van der Waals surface area (Å²) in [5.74, 6) is 0.108. The van der Waals surface area contributed by atoms with Crippen molar-refractivity contribution in [2.45, 2.75) is 11.8 Å². The molecule has 0 unspecified atom stereocenters. The van der Waals surface area contributed by atoms with E-state index in [1.807, 2.05) is 55.6 Å². The fraction of sp³-hybridized carbons (Fsp3) is 0.118. The molecule has 0 radical (unpaired) electrons. The molecule has 1 amide bonds. The molecular weight excluding hydrogens is 310 g/mol. The normalized spacial score (nSPS) is 10.5. The van der Waals surface area contributed by atoms with Crippen LogP contribution in [0.1, 0.15) is 15.9 Å². The molecule has 0 aliphatic carbocycles. The zero-order chi connectivity index (χ0) is 16.2. The van der Waals surface area contributed by atoms with E-state index in [1.54, 1.807) is 17.8 Å². The first kappa shape index (κ1) is 15.3. The van der Waals surface area contributed by atoms with Crippen LogP contribution in [0.2, 0.25) is 0 Å². The van der Waals surface area contributed by atoms with Crippen LogP contribution in [-0.4, -0.2) is 22.4 Å². The lowest BCUT2D eigenvalue weighted by atomic mass is 10.1. The monoisotopic (exact) mass is 325 g/mol. The molecule has 3 rings (SSSR count). The largest absolute Gasteiger partial charge is 0.403 e. The van der Waals surface area contributed by atoms with Crippen molar-refractivity contribution in [3.8, 4) is 11.5 Å². The molecule has 5 nitrogen and oxygen atoms in total. The van der Waals surface area contributed by atoms with Crippen molar-refractivity contribution in [2.75, 3.05) is 11.6 Å². The quantitative estimate of drug-likeness (QED) is 0.734. The van der Waals surface area contributed by atoms with E-state index in [0.29, 0.717) is 11.5 Å². The molecule has 1 N–H and O–H groups in total. The minimum absolute atomic E-state index is 0.0859. The summed E-state index contributed by atoms with van der Waals surface area (Å²) >= 11 is 1.63. The van der Waals surface area contributed by atoms with Gasteiger partial charge in [0.15, 0.2) is 0 Å². The molecule has 0 saturated heterocycles. The van der Waals surface area contributed by atoms with Gasteiger partial charge in [-0.1, -0.05) is 29.4 Å². The predicted molar refractivity (Wildman–Crippen MR) is 90.6 cm³/mol. The number of thioether (sulfide) groups is 1. The number of carbonyl (C=O) groups excluding carboxylic acids is 1. The van der Waals surface area contributed by atoms with E-state index >= 15 is 0 Å². The fourth-order valence-corrected chi connectivity index (χ4v) is 2.60. The van der Waals surface area contributed by atoms with Crippen LogP contribution in [0.5, 0.6) is 0 Å².